The van der Waals surface area contributed by atoms with E-state index in [0.717, 1.165) is 19.3 Å². The molecule has 1 aromatic rings. The molecule has 8 nitrogen and oxygen atoms in total. The summed E-state index contributed by atoms with van der Waals surface area (Å²) >= 11 is 0. The zero-order chi connectivity index (χ0) is 13.2. The van der Waals surface area contributed by atoms with Crippen molar-refractivity contribution >= 4 is 10.2 Å². The van der Waals surface area contributed by atoms with Crippen molar-refractivity contribution in [2.24, 2.45) is 0 Å². The summed E-state index contributed by atoms with van der Waals surface area (Å²) < 4.78 is 28.5. The van der Waals surface area contributed by atoms with Crippen molar-refractivity contribution in [1.29, 1.82) is 0 Å². The smallest absolute Gasteiger partial charge is 0.195 e. The van der Waals surface area contributed by atoms with Gasteiger partial charge in [-0.25, -0.2) is 0 Å². The number of aromatic amines is 1. The van der Waals surface area contributed by atoms with Gasteiger partial charge in [0, 0.05) is 12.6 Å². The van der Waals surface area contributed by atoms with E-state index in [2.05, 4.69) is 25.3 Å². The molecule has 0 spiro atoms. The molecule has 0 saturated carbocycles. The number of nitrogens with one attached hydrogen (secondary N) is 2. The molecule has 2 atom stereocenters. The Hall–Kier alpha value is -1.06. The van der Waals surface area contributed by atoms with Gasteiger partial charge in [0.15, 0.2) is 5.82 Å². The normalized spacial score (nSPS) is 24.0. The van der Waals surface area contributed by atoms with Crippen LogP contribution < -0.4 is 4.72 Å². The molecular weight excluding hydrogens is 256 g/mol. The Bertz CT molecular complexity index is 473. The van der Waals surface area contributed by atoms with Crippen molar-refractivity contribution < 1.29 is 8.42 Å². The Kier molecular flexibility index (Phi) is 3.93. The summed E-state index contributed by atoms with van der Waals surface area (Å²) in [6.07, 6.45) is 2.88. The molecule has 0 bridgehead atoms. The Morgan fingerprint density at radius 2 is 2.28 bits per heavy atom. The number of piperidine rings is 1. The first-order valence-corrected chi connectivity index (χ1v) is 7.47. The molecule has 0 aromatic carbocycles. The van der Waals surface area contributed by atoms with E-state index in [9.17, 15) is 8.42 Å². The molecule has 9 heteroatoms. The van der Waals surface area contributed by atoms with Crippen LogP contribution in [0.1, 0.15) is 45.0 Å². The number of tetrazole rings is 1. The number of hydrogen-bond donors (Lipinski definition) is 2. The Morgan fingerprint density at radius 3 is 2.89 bits per heavy atom. The summed E-state index contributed by atoms with van der Waals surface area (Å²) in [5.41, 5.74) is 0. The van der Waals surface area contributed by atoms with Gasteiger partial charge in [0.2, 0.25) is 0 Å². The second-order valence-corrected chi connectivity index (χ2v) is 6.22. The maximum atomic E-state index is 12.2. The van der Waals surface area contributed by atoms with Crippen LogP contribution in [-0.4, -0.2) is 45.9 Å². The van der Waals surface area contributed by atoms with Crippen LogP contribution in [-0.2, 0) is 10.2 Å². The number of hydrogen-bond acceptors (Lipinski definition) is 5. The summed E-state index contributed by atoms with van der Waals surface area (Å²) in [7, 11) is -3.50. The predicted octanol–water partition coefficient (Wildman–Crippen LogP) is -0.0305. The highest BCUT2D eigenvalue weighted by Crippen LogP contribution is 2.20. The molecule has 2 unspecified atom stereocenters. The van der Waals surface area contributed by atoms with Crippen LogP contribution in [0.25, 0.3) is 0 Å². The van der Waals surface area contributed by atoms with Gasteiger partial charge in [0.1, 0.15) is 0 Å². The summed E-state index contributed by atoms with van der Waals surface area (Å²) in [6.45, 7) is 4.18. The van der Waals surface area contributed by atoms with Crippen molar-refractivity contribution in [3.63, 3.8) is 0 Å². The molecule has 1 aromatic heterocycles. The van der Waals surface area contributed by atoms with E-state index in [1.807, 2.05) is 6.92 Å². The lowest BCUT2D eigenvalue weighted by Crippen LogP contribution is -2.48. The van der Waals surface area contributed by atoms with Crippen LogP contribution >= 0.6 is 0 Å². The molecule has 0 aliphatic carbocycles. The standard InChI is InChI=1S/C9H18N6O2S/c1-7-5-3-4-6-15(7)18(16,17)12-8(2)9-10-13-14-11-9/h7-8,12H,3-6H2,1-2H3,(H,10,11,13,14). The fourth-order valence-corrected chi connectivity index (χ4v) is 3.76. The zero-order valence-corrected chi connectivity index (χ0v) is 11.3. The van der Waals surface area contributed by atoms with Crippen LogP contribution in [0.3, 0.4) is 0 Å². The van der Waals surface area contributed by atoms with E-state index < -0.39 is 16.3 Å². The van der Waals surface area contributed by atoms with Gasteiger partial charge in [-0.1, -0.05) is 11.6 Å². The largest absolute Gasteiger partial charge is 0.280 e. The zero-order valence-electron chi connectivity index (χ0n) is 10.5. The van der Waals surface area contributed by atoms with E-state index in [-0.39, 0.29) is 6.04 Å². The minimum absolute atomic E-state index is 0.0359. The van der Waals surface area contributed by atoms with Gasteiger partial charge in [-0.15, -0.1) is 10.2 Å². The van der Waals surface area contributed by atoms with Gasteiger partial charge in [0.05, 0.1) is 6.04 Å². The first-order chi connectivity index (χ1) is 8.50. The quantitative estimate of drug-likeness (QED) is 0.802. The molecule has 0 amide bonds. The van der Waals surface area contributed by atoms with Crippen LogP contribution in [0.4, 0.5) is 0 Å². The molecule has 0 radical (unpaired) electrons. The highest BCUT2D eigenvalue weighted by Gasteiger charge is 2.31. The molecule has 1 saturated heterocycles. The molecule has 1 aliphatic heterocycles. The number of nitrogens with zero attached hydrogens (tertiary/aromatic N) is 4. The maximum Gasteiger partial charge on any atom is 0.280 e. The lowest BCUT2D eigenvalue weighted by atomic mass is 10.1. The van der Waals surface area contributed by atoms with Gasteiger partial charge in [-0.2, -0.15) is 22.7 Å². The van der Waals surface area contributed by atoms with Gasteiger partial charge in [-0.3, -0.25) is 0 Å². The third kappa shape index (κ3) is 2.85. The first-order valence-electron chi connectivity index (χ1n) is 6.03. The first kappa shape index (κ1) is 13.4. The lowest BCUT2D eigenvalue weighted by molar-refractivity contribution is 0.264. The fraction of sp³-hybridized carbons (Fsp3) is 0.889. The average molecular weight is 274 g/mol. The SMILES string of the molecule is CC(NS(=O)(=O)N1CCCCC1C)c1nn[nH]n1. The van der Waals surface area contributed by atoms with Crippen molar-refractivity contribution in [1.82, 2.24) is 29.7 Å². The number of aromatic nitrogens is 4. The highest BCUT2D eigenvalue weighted by atomic mass is 32.2. The summed E-state index contributed by atoms with van der Waals surface area (Å²) in [6, 6.07) is -0.461. The van der Waals surface area contributed by atoms with Gasteiger partial charge < -0.3 is 0 Å². The lowest BCUT2D eigenvalue weighted by Gasteiger charge is -2.32. The molecule has 102 valence electrons. The average Bonchev–Trinajstić information content (AvgIpc) is 2.82. The van der Waals surface area contributed by atoms with Crippen molar-refractivity contribution in [3.05, 3.63) is 5.82 Å². The minimum atomic E-state index is -3.50. The van der Waals surface area contributed by atoms with E-state index >= 15 is 0 Å². The second kappa shape index (κ2) is 5.29. The third-order valence-electron chi connectivity index (χ3n) is 3.13. The van der Waals surface area contributed by atoms with E-state index in [1.165, 1.54) is 4.31 Å². The van der Waals surface area contributed by atoms with Crippen molar-refractivity contribution in [3.8, 4) is 0 Å². The third-order valence-corrected chi connectivity index (χ3v) is 4.94. The topological polar surface area (TPSA) is 104 Å². The molecule has 2 rings (SSSR count). The van der Waals surface area contributed by atoms with Crippen molar-refractivity contribution in [2.75, 3.05) is 6.54 Å². The van der Waals surface area contributed by atoms with Crippen LogP contribution in [0.15, 0.2) is 0 Å². The fourth-order valence-electron chi connectivity index (χ4n) is 2.13. The molecule has 2 N–H and O–H groups in total. The highest BCUT2D eigenvalue weighted by molar-refractivity contribution is 7.87. The Labute approximate surface area is 106 Å². The van der Waals surface area contributed by atoms with Crippen molar-refractivity contribution in [2.45, 2.75) is 45.2 Å². The van der Waals surface area contributed by atoms with Gasteiger partial charge in [-0.05, 0) is 26.7 Å². The summed E-state index contributed by atoms with van der Waals surface area (Å²) in [4.78, 5) is 0. The van der Waals surface area contributed by atoms with E-state index in [1.54, 1.807) is 6.92 Å². The van der Waals surface area contributed by atoms with Gasteiger partial charge in [0.25, 0.3) is 10.2 Å². The molecule has 1 fully saturated rings. The van der Waals surface area contributed by atoms with E-state index in [0.29, 0.717) is 12.4 Å². The monoisotopic (exact) mass is 274 g/mol. The predicted molar refractivity (Wildman–Crippen MR) is 64.7 cm³/mol. The van der Waals surface area contributed by atoms with Crippen LogP contribution in [0.2, 0.25) is 0 Å². The molecule has 2 heterocycles. The summed E-state index contributed by atoms with van der Waals surface area (Å²) in [5, 5.41) is 13.3. The Balaban J connectivity index is 2.07. The van der Waals surface area contributed by atoms with Crippen LogP contribution in [0, 0.1) is 0 Å². The Morgan fingerprint density at radius 1 is 1.50 bits per heavy atom. The second-order valence-electron chi connectivity index (χ2n) is 4.57. The molecule has 1 aliphatic rings. The summed E-state index contributed by atoms with van der Waals surface area (Å²) in [5.74, 6) is 0.336. The maximum absolute atomic E-state index is 12.2. The van der Waals surface area contributed by atoms with E-state index in [4.69, 9.17) is 0 Å². The molecular formula is C9H18N6O2S. The van der Waals surface area contributed by atoms with Crippen LogP contribution in [0.5, 0.6) is 0 Å². The number of rotatable bonds is 4. The molecule has 18 heavy (non-hydrogen) atoms. The van der Waals surface area contributed by atoms with Gasteiger partial charge >= 0.3 is 0 Å². The minimum Gasteiger partial charge on any atom is -0.195 e. The number of H-pyrrole nitrogens is 1.